The van der Waals surface area contributed by atoms with Gasteiger partial charge in [-0.3, -0.25) is 9.59 Å². The Morgan fingerprint density at radius 2 is 1.26 bits per heavy atom. The largest absolute Gasteiger partial charge is 0.377 e. The van der Waals surface area contributed by atoms with Crippen LogP contribution in [0, 0.1) is 0 Å². The highest BCUT2D eigenvalue weighted by Crippen LogP contribution is 2.16. The number of ether oxygens (including phenoxy) is 1. The first kappa shape index (κ1) is 35.4. The average molecular weight is 566 g/mol. The second kappa shape index (κ2) is 24.2. The number of unbranched alkanes of at least 4 members (excludes halogenated alkanes) is 15. The summed E-state index contributed by atoms with van der Waals surface area (Å²) < 4.78 is 5.96. The lowest BCUT2D eigenvalue weighted by Crippen LogP contribution is -2.47. The van der Waals surface area contributed by atoms with Gasteiger partial charge in [-0.05, 0) is 31.5 Å². The van der Waals surface area contributed by atoms with Crippen molar-refractivity contribution in [3.8, 4) is 0 Å². The second-order valence-electron chi connectivity index (χ2n) is 11.0. The summed E-state index contributed by atoms with van der Waals surface area (Å²) in [6, 6.07) is 7.93. The van der Waals surface area contributed by atoms with Crippen molar-refractivity contribution in [1.29, 1.82) is 0 Å². The molecule has 2 amide bonds. The third kappa shape index (κ3) is 16.9. The van der Waals surface area contributed by atoms with Gasteiger partial charge in [0.05, 0.1) is 6.61 Å². The Morgan fingerprint density at radius 1 is 0.769 bits per heavy atom. The van der Waals surface area contributed by atoms with Crippen LogP contribution in [0.4, 0.5) is 0 Å². The molecular formula is C32H56ClN3O3. The van der Waals surface area contributed by atoms with E-state index in [1.807, 2.05) is 29.2 Å². The topological polar surface area (TPSA) is 61.9 Å². The maximum absolute atomic E-state index is 13.0. The highest BCUT2D eigenvalue weighted by molar-refractivity contribution is 5.95. The van der Waals surface area contributed by atoms with Crippen LogP contribution >= 0.6 is 12.4 Å². The molecule has 7 heteroatoms. The smallest absolute Gasteiger partial charge is 0.254 e. The molecule has 1 saturated heterocycles. The van der Waals surface area contributed by atoms with Gasteiger partial charge in [0, 0.05) is 44.9 Å². The van der Waals surface area contributed by atoms with Crippen LogP contribution in [0.25, 0.3) is 0 Å². The lowest BCUT2D eigenvalue weighted by molar-refractivity contribution is -0.109. The summed E-state index contributed by atoms with van der Waals surface area (Å²) in [4.78, 5) is 27.4. The highest BCUT2D eigenvalue weighted by atomic mass is 35.5. The minimum absolute atomic E-state index is 0. The third-order valence-corrected chi connectivity index (χ3v) is 7.74. The Bertz CT molecular complexity index is 741. The van der Waals surface area contributed by atoms with Crippen molar-refractivity contribution in [1.82, 2.24) is 15.1 Å². The van der Waals surface area contributed by atoms with E-state index in [2.05, 4.69) is 17.3 Å². The van der Waals surface area contributed by atoms with Gasteiger partial charge in [0.15, 0.2) is 0 Å². The van der Waals surface area contributed by atoms with Crippen LogP contribution in [0.1, 0.15) is 119 Å². The molecule has 0 bridgehead atoms. The van der Waals surface area contributed by atoms with E-state index in [0.717, 1.165) is 69.7 Å². The number of halogens is 1. The number of likely N-dealkylation sites (N-methyl/N-ethyl adjacent to an activating group) is 1. The maximum Gasteiger partial charge on any atom is 0.254 e. The summed E-state index contributed by atoms with van der Waals surface area (Å²) in [6.45, 7) is 5.61. The van der Waals surface area contributed by atoms with Crippen LogP contribution < -0.4 is 5.32 Å². The number of nitrogens with one attached hydrogen (secondary N) is 1. The number of hydrogen-bond acceptors (Lipinski definition) is 4. The third-order valence-electron chi connectivity index (χ3n) is 7.74. The summed E-state index contributed by atoms with van der Waals surface area (Å²) in [5, 5.41) is 2.73. The van der Waals surface area contributed by atoms with Crippen LogP contribution in [0.3, 0.4) is 0 Å². The number of benzene rings is 1. The van der Waals surface area contributed by atoms with Crippen LogP contribution in [-0.2, 0) is 16.1 Å². The first-order valence-corrected chi connectivity index (χ1v) is 15.5. The summed E-state index contributed by atoms with van der Waals surface area (Å²) in [6.07, 6.45) is 21.8. The number of hydrogen-bond donors (Lipinski definition) is 1. The number of nitrogens with zero attached hydrogens (tertiary/aromatic N) is 2. The van der Waals surface area contributed by atoms with Crippen molar-refractivity contribution in [2.75, 3.05) is 46.4 Å². The van der Waals surface area contributed by atoms with E-state index >= 15 is 0 Å². The van der Waals surface area contributed by atoms with E-state index < -0.39 is 0 Å². The molecule has 0 saturated carbocycles. The fraction of sp³-hybridized carbons (Fsp3) is 0.750. The van der Waals surface area contributed by atoms with Gasteiger partial charge < -0.3 is 19.9 Å². The Hall–Kier alpha value is -1.63. The molecule has 1 aliphatic heterocycles. The first-order chi connectivity index (χ1) is 18.7. The Labute approximate surface area is 245 Å². The number of piperazine rings is 1. The van der Waals surface area contributed by atoms with Gasteiger partial charge in [0.1, 0.15) is 0 Å². The van der Waals surface area contributed by atoms with Crippen molar-refractivity contribution in [3.05, 3.63) is 35.4 Å². The van der Waals surface area contributed by atoms with Gasteiger partial charge in [-0.1, -0.05) is 108 Å². The normalized spacial score (nSPS) is 13.7. The van der Waals surface area contributed by atoms with E-state index in [9.17, 15) is 9.59 Å². The Kier molecular flexibility index (Phi) is 22.0. The molecule has 1 aromatic carbocycles. The SMILES string of the molecule is CN1CCN(C(=O)c2ccccc2COCCCCCCCCCCCCCCCCCCNC=O)CC1.Cl. The molecule has 0 aliphatic carbocycles. The molecule has 0 aromatic heterocycles. The van der Waals surface area contributed by atoms with Crippen LogP contribution in [0.15, 0.2) is 24.3 Å². The fourth-order valence-corrected chi connectivity index (χ4v) is 5.18. The fourth-order valence-electron chi connectivity index (χ4n) is 5.18. The van der Waals surface area contributed by atoms with Gasteiger partial charge in [0.25, 0.3) is 5.91 Å². The van der Waals surface area contributed by atoms with Gasteiger partial charge >= 0.3 is 0 Å². The molecule has 0 atom stereocenters. The number of rotatable bonds is 23. The monoisotopic (exact) mass is 565 g/mol. The van der Waals surface area contributed by atoms with Crippen LogP contribution in [-0.4, -0.2) is 68.5 Å². The summed E-state index contributed by atoms with van der Waals surface area (Å²) in [5.74, 6) is 0.144. The van der Waals surface area contributed by atoms with Crippen molar-refractivity contribution in [2.24, 2.45) is 0 Å². The average Bonchev–Trinajstić information content (AvgIpc) is 2.94. The first-order valence-electron chi connectivity index (χ1n) is 15.5. The van der Waals surface area contributed by atoms with E-state index in [0.29, 0.717) is 6.61 Å². The molecule has 0 unspecified atom stereocenters. The lowest BCUT2D eigenvalue weighted by Gasteiger charge is -2.32. The second-order valence-corrected chi connectivity index (χ2v) is 11.0. The Morgan fingerprint density at radius 3 is 1.79 bits per heavy atom. The highest BCUT2D eigenvalue weighted by Gasteiger charge is 2.22. The van der Waals surface area contributed by atoms with Gasteiger partial charge in [-0.2, -0.15) is 0 Å². The number of amides is 2. The molecule has 1 aliphatic rings. The van der Waals surface area contributed by atoms with E-state index in [-0.39, 0.29) is 18.3 Å². The molecule has 2 rings (SSSR count). The standard InChI is InChI=1S/C32H55N3O3.ClH/c1-34-23-25-35(26-24-34)32(37)31-21-17-16-20-30(31)28-38-27-19-15-13-11-9-7-5-3-2-4-6-8-10-12-14-18-22-33-29-36;/h16-17,20-21,29H,2-15,18-19,22-28H2,1H3,(H,33,36);1H. The maximum atomic E-state index is 13.0. The summed E-state index contributed by atoms with van der Waals surface area (Å²) >= 11 is 0. The van der Waals surface area contributed by atoms with Gasteiger partial charge in [-0.25, -0.2) is 0 Å². The number of carbonyl (C=O) groups is 2. The zero-order chi connectivity index (χ0) is 27.1. The van der Waals surface area contributed by atoms with Crippen LogP contribution in [0.5, 0.6) is 0 Å². The molecule has 224 valence electrons. The molecule has 1 fully saturated rings. The van der Waals surface area contributed by atoms with Crippen LogP contribution in [0.2, 0.25) is 0 Å². The summed E-state index contributed by atoms with van der Waals surface area (Å²) in [7, 11) is 2.11. The molecule has 1 heterocycles. The molecule has 39 heavy (non-hydrogen) atoms. The summed E-state index contributed by atoms with van der Waals surface area (Å²) in [5.41, 5.74) is 1.81. The molecule has 6 nitrogen and oxygen atoms in total. The lowest BCUT2D eigenvalue weighted by atomic mass is 10.0. The van der Waals surface area contributed by atoms with Crippen molar-refractivity contribution < 1.29 is 14.3 Å². The number of carbonyl (C=O) groups excluding carboxylic acids is 2. The Balaban J connectivity index is 0.00000760. The molecule has 0 radical (unpaired) electrons. The van der Waals surface area contributed by atoms with Gasteiger partial charge in [0.2, 0.25) is 6.41 Å². The van der Waals surface area contributed by atoms with Crippen molar-refractivity contribution in [2.45, 2.75) is 109 Å². The predicted octanol–water partition coefficient (Wildman–Crippen LogP) is 7.00. The molecule has 1 aromatic rings. The zero-order valence-corrected chi connectivity index (χ0v) is 25.5. The minimum Gasteiger partial charge on any atom is -0.377 e. The molecule has 1 N–H and O–H groups in total. The molecule has 0 spiro atoms. The van der Waals surface area contributed by atoms with E-state index in [1.54, 1.807) is 0 Å². The predicted molar refractivity (Wildman–Crippen MR) is 165 cm³/mol. The zero-order valence-electron chi connectivity index (χ0n) is 24.7. The van der Waals surface area contributed by atoms with Crippen molar-refractivity contribution in [3.63, 3.8) is 0 Å². The molecular weight excluding hydrogens is 510 g/mol. The van der Waals surface area contributed by atoms with Crippen molar-refractivity contribution >= 4 is 24.7 Å². The van der Waals surface area contributed by atoms with Gasteiger partial charge in [-0.15, -0.1) is 12.4 Å². The minimum atomic E-state index is 0. The van der Waals surface area contributed by atoms with E-state index in [1.165, 1.54) is 89.9 Å². The quantitative estimate of drug-likeness (QED) is 0.115. The van der Waals surface area contributed by atoms with E-state index in [4.69, 9.17) is 4.74 Å².